The largest absolute Gasteiger partial charge is 0.482 e. The van der Waals surface area contributed by atoms with Gasteiger partial charge in [-0.15, -0.1) is 0 Å². The fourth-order valence-corrected chi connectivity index (χ4v) is 2.27. The molecule has 0 amide bonds. The molecule has 0 aliphatic heterocycles. The van der Waals surface area contributed by atoms with E-state index in [2.05, 4.69) is 9.98 Å². The molecule has 0 heterocycles. The highest BCUT2D eigenvalue weighted by Gasteiger charge is 1.99. The molecule has 0 aliphatic carbocycles. The smallest absolute Gasteiger partial charge is 0.0632 e. The quantitative estimate of drug-likeness (QED) is 0.422. The first kappa shape index (κ1) is 16.0. The lowest BCUT2D eigenvalue weighted by Crippen LogP contribution is -2.02. The van der Waals surface area contributed by atoms with Gasteiger partial charge in [0, 0.05) is 5.02 Å². The first-order valence-corrected chi connectivity index (χ1v) is 7.85. The van der Waals surface area contributed by atoms with Gasteiger partial charge in [0.05, 0.1) is 11.5 Å². The van der Waals surface area contributed by atoms with Crippen LogP contribution < -0.4 is 0 Å². The van der Waals surface area contributed by atoms with Crippen molar-refractivity contribution in [3.63, 3.8) is 0 Å². The minimum Gasteiger partial charge on any atom is -0.482 e. The van der Waals surface area contributed by atoms with Crippen molar-refractivity contribution in [2.75, 3.05) is 0 Å². The molecule has 1 N–H and O–H groups in total. The third-order valence-corrected chi connectivity index (χ3v) is 3.61. The van der Waals surface area contributed by atoms with E-state index in [0.717, 1.165) is 11.3 Å². The molecular formula is C20H15ClN3-. The Morgan fingerprint density at radius 3 is 1.92 bits per heavy atom. The van der Waals surface area contributed by atoms with Crippen molar-refractivity contribution < 1.29 is 0 Å². The number of nitrogens with zero attached hydrogens (tertiary/aromatic N) is 2. The predicted octanol–water partition coefficient (Wildman–Crippen LogP) is 5.92. The van der Waals surface area contributed by atoms with E-state index in [1.807, 2.05) is 60.7 Å². The van der Waals surface area contributed by atoms with Crippen molar-refractivity contribution in [2.24, 2.45) is 9.98 Å². The molecule has 118 valence electrons. The van der Waals surface area contributed by atoms with Gasteiger partial charge in [-0.2, -0.15) is 0 Å². The fraction of sp³-hybridized carbons (Fsp3) is 0. The summed E-state index contributed by atoms with van der Waals surface area (Å²) in [5.41, 5.74) is 10.6. The number of halogens is 1. The maximum Gasteiger partial charge on any atom is 0.0632 e. The van der Waals surface area contributed by atoms with Crippen LogP contribution in [-0.2, 0) is 0 Å². The van der Waals surface area contributed by atoms with Crippen LogP contribution in [-0.4, -0.2) is 11.7 Å². The summed E-state index contributed by atoms with van der Waals surface area (Å²) in [5, 5.41) is 0.632. The normalized spacial score (nSPS) is 12.2. The first-order chi connectivity index (χ1) is 11.7. The van der Waals surface area contributed by atoms with Gasteiger partial charge in [0.15, 0.2) is 0 Å². The molecule has 3 rings (SSSR count). The number of rotatable bonds is 3. The highest BCUT2D eigenvalue weighted by Crippen LogP contribution is 2.16. The lowest BCUT2D eigenvalue weighted by molar-refractivity contribution is 1.44. The number of benzene rings is 3. The zero-order valence-corrected chi connectivity index (χ0v) is 13.6. The van der Waals surface area contributed by atoms with Gasteiger partial charge in [-0.25, -0.2) is 0 Å². The molecule has 0 unspecified atom stereocenters. The molecule has 0 aromatic heterocycles. The summed E-state index contributed by atoms with van der Waals surface area (Å²) in [4.78, 5) is 9.03. The molecule has 0 bridgehead atoms. The molecule has 3 nitrogen and oxygen atoms in total. The minimum atomic E-state index is 0.144. The maximum atomic E-state index is 8.26. The minimum absolute atomic E-state index is 0.144. The van der Waals surface area contributed by atoms with Crippen molar-refractivity contribution >= 4 is 29.0 Å². The van der Waals surface area contributed by atoms with Crippen LogP contribution in [0.5, 0.6) is 0 Å². The Morgan fingerprint density at radius 1 is 0.708 bits per heavy atom. The number of nitrogens with one attached hydrogen (secondary N) is 1. The maximum absolute atomic E-state index is 8.26. The average Bonchev–Trinajstić information content (AvgIpc) is 2.63. The van der Waals surface area contributed by atoms with E-state index < -0.39 is 0 Å². The van der Waals surface area contributed by atoms with E-state index in [1.165, 1.54) is 0 Å². The SMILES string of the molecule is [NH-]C(=NC(=Nc1ccccc1)c1ccccc1)c1ccc(Cl)cc1. The lowest BCUT2D eigenvalue weighted by Gasteiger charge is -2.14. The zero-order chi connectivity index (χ0) is 16.8. The van der Waals surface area contributed by atoms with Gasteiger partial charge in [0.2, 0.25) is 0 Å². The van der Waals surface area contributed by atoms with Crippen molar-refractivity contribution in [3.05, 3.63) is 107 Å². The Kier molecular flexibility index (Phi) is 5.04. The summed E-state index contributed by atoms with van der Waals surface area (Å²) in [6.07, 6.45) is 0. The molecule has 0 saturated carbocycles. The van der Waals surface area contributed by atoms with Crippen LogP contribution in [0, 0.1) is 0 Å². The second-order valence-corrected chi connectivity index (χ2v) is 5.54. The number of aliphatic imine (C=N–C) groups is 2. The molecule has 0 fully saturated rings. The fourth-order valence-electron chi connectivity index (χ4n) is 2.14. The third kappa shape index (κ3) is 4.09. The summed E-state index contributed by atoms with van der Waals surface area (Å²) < 4.78 is 0. The number of hydrogen-bond donors (Lipinski definition) is 0. The van der Waals surface area contributed by atoms with Crippen LogP contribution >= 0.6 is 11.6 Å². The number of amidine groups is 2. The van der Waals surface area contributed by atoms with Gasteiger partial charge < -0.3 is 10.7 Å². The highest BCUT2D eigenvalue weighted by molar-refractivity contribution is 6.30. The standard InChI is InChI=1S/C20H15ClN3/c21-17-13-11-15(12-14-17)19(22)24-20(16-7-3-1-4-8-16)23-18-9-5-2-6-10-18/h1-14H,(H-,22,23,24)/q-1. The molecule has 0 saturated heterocycles. The molecule has 0 atom stereocenters. The van der Waals surface area contributed by atoms with Crippen LogP contribution in [0.2, 0.25) is 5.02 Å². The van der Waals surface area contributed by atoms with Crippen LogP contribution in [0.1, 0.15) is 11.1 Å². The Hall–Kier alpha value is -2.91. The van der Waals surface area contributed by atoms with E-state index in [1.54, 1.807) is 24.3 Å². The van der Waals surface area contributed by atoms with Gasteiger partial charge in [0.25, 0.3) is 0 Å². The van der Waals surface area contributed by atoms with Gasteiger partial charge in [-0.3, -0.25) is 4.99 Å². The van der Waals surface area contributed by atoms with Gasteiger partial charge in [0.1, 0.15) is 0 Å². The van der Waals surface area contributed by atoms with Gasteiger partial charge >= 0.3 is 0 Å². The second kappa shape index (κ2) is 7.57. The Balaban J connectivity index is 2.03. The van der Waals surface area contributed by atoms with Crippen LogP contribution in [0.4, 0.5) is 5.69 Å². The molecule has 3 aromatic carbocycles. The summed E-state index contributed by atoms with van der Waals surface area (Å²) in [5.74, 6) is 0.645. The zero-order valence-electron chi connectivity index (χ0n) is 12.9. The highest BCUT2D eigenvalue weighted by atomic mass is 35.5. The van der Waals surface area contributed by atoms with Gasteiger partial charge in [-0.05, 0) is 35.4 Å². The third-order valence-electron chi connectivity index (χ3n) is 3.36. The molecule has 0 radical (unpaired) electrons. The van der Waals surface area contributed by atoms with E-state index in [9.17, 15) is 0 Å². The van der Waals surface area contributed by atoms with Crippen LogP contribution in [0.15, 0.2) is 94.9 Å². The first-order valence-electron chi connectivity index (χ1n) is 7.48. The van der Waals surface area contributed by atoms with E-state index >= 15 is 0 Å². The van der Waals surface area contributed by atoms with Crippen LogP contribution in [0.25, 0.3) is 5.73 Å². The summed E-state index contributed by atoms with van der Waals surface area (Å²) >= 11 is 5.90. The topological polar surface area (TPSA) is 48.5 Å². The van der Waals surface area contributed by atoms with E-state index in [4.69, 9.17) is 17.3 Å². The molecule has 0 spiro atoms. The Labute approximate surface area is 146 Å². The molecule has 0 aliphatic rings. The summed E-state index contributed by atoms with van der Waals surface area (Å²) in [7, 11) is 0. The van der Waals surface area contributed by atoms with Crippen LogP contribution in [0.3, 0.4) is 0 Å². The molecule has 3 aromatic rings. The molecule has 4 heteroatoms. The molecule has 24 heavy (non-hydrogen) atoms. The van der Waals surface area contributed by atoms with Gasteiger partial charge in [-0.1, -0.05) is 78.1 Å². The molecular weight excluding hydrogens is 318 g/mol. The summed E-state index contributed by atoms with van der Waals surface area (Å²) in [6.45, 7) is 0. The number of hydrogen-bond acceptors (Lipinski definition) is 1. The van der Waals surface area contributed by atoms with Crippen molar-refractivity contribution in [1.82, 2.24) is 0 Å². The number of para-hydroxylation sites is 1. The lowest BCUT2D eigenvalue weighted by atomic mass is 10.2. The Morgan fingerprint density at radius 2 is 1.29 bits per heavy atom. The second-order valence-electron chi connectivity index (χ2n) is 5.10. The Bertz CT molecular complexity index is 854. The van der Waals surface area contributed by atoms with Crippen molar-refractivity contribution in [1.29, 1.82) is 0 Å². The monoisotopic (exact) mass is 332 g/mol. The van der Waals surface area contributed by atoms with E-state index in [-0.39, 0.29) is 5.84 Å². The van der Waals surface area contributed by atoms with E-state index in [0.29, 0.717) is 16.4 Å². The van der Waals surface area contributed by atoms with Crippen molar-refractivity contribution in [3.8, 4) is 0 Å². The van der Waals surface area contributed by atoms with Crippen molar-refractivity contribution in [2.45, 2.75) is 0 Å². The predicted molar refractivity (Wildman–Crippen MR) is 101 cm³/mol. The average molecular weight is 333 g/mol. The summed E-state index contributed by atoms with van der Waals surface area (Å²) in [6, 6.07) is 26.3.